The average molecular weight is 270 g/mol. The molecule has 1 aliphatic heterocycles. The lowest BCUT2D eigenvalue weighted by molar-refractivity contribution is -0.146. The molecule has 110 valence electrons. The molecule has 1 saturated heterocycles. The van der Waals surface area contributed by atoms with Gasteiger partial charge in [0.15, 0.2) is 0 Å². The largest absolute Gasteiger partial charge is 0.467 e. The van der Waals surface area contributed by atoms with Crippen LogP contribution in [-0.2, 0) is 14.3 Å². The Balaban J connectivity index is 2.72. The van der Waals surface area contributed by atoms with Crippen molar-refractivity contribution in [3.63, 3.8) is 0 Å². The smallest absolute Gasteiger partial charge is 0.328 e. The van der Waals surface area contributed by atoms with Crippen LogP contribution < -0.4 is 10.6 Å². The second kappa shape index (κ2) is 6.89. The van der Waals surface area contributed by atoms with E-state index in [2.05, 4.69) is 10.6 Å². The third kappa shape index (κ3) is 3.93. The molecule has 5 heteroatoms. The number of nitrogens with one attached hydrogen (secondary N) is 2. The SMILES string of the molecule is CCC1(C(=O)N[C@@H](CC(C)C)C(=O)OC)CCCN1. The Morgan fingerprint density at radius 1 is 1.42 bits per heavy atom. The van der Waals surface area contributed by atoms with Gasteiger partial charge >= 0.3 is 5.97 Å². The quantitative estimate of drug-likeness (QED) is 0.712. The highest BCUT2D eigenvalue weighted by Crippen LogP contribution is 2.23. The molecule has 2 atom stereocenters. The van der Waals surface area contributed by atoms with Gasteiger partial charge in [0.1, 0.15) is 6.04 Å². The zero-order valence-electron chi connectivity index (χ0n) is 12.4. The third-order valence-electron chi connectivity index (χ3n) is 3.78. The van der Waals surface area contributed by atoms with Crippen molar-refractivity contribution in [3.05, 3.63) is 0 Å². The van der Waals surface area contributed by atoms with Crippen LogP contribution in [0.2, 0.25) is 0 Å². The Bertz CT molecular complexity index is 323. The van der Waals surface area contributed by atoms with Crippen molar-refractivity contribution < 1.29 is 14.3 Å². The van der Waals surface area contributed by atoms with Crippen LogP contribution in [0.25, 0.3) is 0 Å². The van der Waals surface area contributed by atoms with Crippen molar-refractivity contribution in [2.75, 3.05) is 13.7 Å². The lowest BCUT2D eigenvalue weighted by atomic mass is 9.92. The van der Waals surface area contributed by atoms with Crippen molar-refractivity contribution in [3.8, 4) is 0 Å². The van der Waals surface area contributed by atoms with Gasteiger partial charge in [0, 0.05) is 0 Å². The average Bonchev–Trinajstić information content (AvgIpc) is 2.86. The van der Waals surface area contributed by atoms with Crippen LogP contribution in [-0.4, -0.2) is 37.1 Å². The van der Waals surface area contributed by atoms with Crippen LogP contribution >= 0.6 is 0 Å². The van der Waals surface area contributed by atoms with Gasteiger partial charge < -0.3 is 15.4 Å². The molecule has 0 radical (unpaired) electrons. The highest BCUT2D eigenvalue weighted by atomic mass is 16.5. The highest BCUT2D eigenvalue weighted by Gasteiger charge is 2.40. The molecule has 2 N–H and O–H groups in total. The Hall–Kier alpha value is -1.10. The minimum Gasteiger partial charge on any atom is -0.467 e. The second-order valence-corrected chi connectivity index (χ2v) is 5.64. The number of esters is 1. The number of rotatable bonds is 6. The van der Waals surface area contributed by atoms with E-state index in [1.54, 1.807) is 0 Å². The van der Waals surface area contributed by atoms with E-state index in [9.17, 15) is 9.59 Å². The van der Waals surface area contributed by atoms with E-state index in [0.29, 0.717) is 12.3 Å². The molecular formula is C14H26N2O3. The molecule has 19 heavy (non-hydrogen) atoms. The molecule has 1 heterocycles. The summed E-state index contributed by atoms with van der Waals surface area (Å²) in [6.45, 7) is 6.89. The van der Waals surface area contributed by atoms with Crippen molar-refractivity contribution in [2.24, 2.45) is 5.92 Å². The van der Waals surface area contributed by atoms with Gasteiger partial charge in [-0.1, -0.05) is 20.8 Å². The minimum atomic E-state index is -0.552. The number of amides is 1. The summed E-state index contributed by atoms with van der Waals surface area (Å²) < 4.78 is 4.77. The topological polar surface area (TPSA) is 67.4 Å². The summed E-state index contributed by atoms with van der Waals surface area (Å²) in [5.41, 5.74) is -0.511. The Morgan fingerprint density at radius 3 is 2.53 bits per heavy atom. The molecule has 1 aliphatic rings. The molecule has 0 saturated carbocycles. The van der Waals surface area contributed by atoms with Gasteiger partial charge in [0.2, 0.25) is 5.91 Å². The molecule has 0 aromatic rings. The Morgan fingerprint density at radius 2 is 2.11 bits per heavy atom. The molecule has 0 aromatic carbocycles. The van der Waals surface area contributed by atoms with Gasteiger partial charge in [-0.05, 0) is 38.1 Å². The molecule has 1 fully saturated rings. The molecule has 0 aromatic heterocycles. The molecule has 5 nitrogen and oxygen atoms in total. The molecule has 0 spiro atoms. The molecule has 1 amide bonds. The van der Waals surface area contributed by atoms with Crippen LogP contribution in [0.4, 0.5) is 0 Å². The van der Waals surface area contributed by atoms with Crippen molar-refractivity contribution in [1.29, 1.82) is 0 Å². The summed E-state index contributed by atoms with van der Waals surface area (Å²) in [5.74, 6) is -0.131. The van der Waals surface area contributed by atoms with E-state index in [-0.39, 0.29) is 11.9 Å². The lowest BCUT2D eigenvalue weighted by Gasteiger charge is -2.29. The number of ether oxygens (including phenoxy) is 1. The predicted molar refractivity (Wildman–Crippen MR) is 73.7 cm³/mol. The van der Waals surface area contributed by atoms with Crippen LogP contribution in [0.1, 0.15) is 46.5 Å². The van der Waals surface area contributed by atoms with Gasteiger partial charge in [0.05, 0.1) is 12.6 Å². The standard InChI is InChI=1S/C14H26N2O3/c1-5-14(7-6-8-15-14)13(18)16-11(9-10(2)3)12(17)19-4/h10-11,15H,5-9H2,1-4H3,(H,16,18)/t11-,14?/m0/s1. The number of carbonyl (C=O) groups excluding carboxylic acids is 2. The summed E-state index contributed by atoms with van der Waals surface area (Å²) in [5, 5.41) is 6.13. The van der Waals surface area contributed by atoms with E-state index in [0.717, 1.165) is 25.8 Å². The van der Waals surface area contributed by atoms with Gasteiger partial charge in [-0.3, -0.25) is 4.79 Å². The van der Waals surface area contributed by atoms with Gasteiger partial charge in [-0.15, -0.1) is 0 Å². The maximum Gasteiger partial charge on any atom is 0.328 e. The predicted octanol–water partition coefficient (Wildman–Crippen LogP) is 1.22. The molecular weight excluding hydrogens is 244 g/mol. The monoisotopic (exact) mass is 270 g/mol. The van der Waals surface area contributed by atoms with Crippen LogP contribution in [0.15, 0.2) is 0 Å². The minimum absolute atomic E-state index is 0.0800. The fourth-order valence-electron chi connectivity index (χ4n) is 2.59. The summed E-state index contributed by atoms with van der Waals surface area (Å²) in [7, 11) is 1.35. The lowest BCUT2D eigenvalue weighted by Crippen LogP contribution is -2.57. The third-order valence-corrected chi connectivity index (χ3v) is 3.78. The van der Waals surface area contributed by atoms with Crippen LogP contribution in [0.3, 0.4) is 0 Å². The summed E-state index contributed by atoms with van der Waals surface area (Å²) in [6, 6.07) is -0.552. The van der Waals surface area contributed by atoms with E-state index < -0.39 is 11.6 Å². The fourth-order valence-corrected chi connectivity index (χ4v) is 2.59. The van der Waals surface area contributed by atoms with E-state index in [1.807, 2.05) is 20.8 Å². The number of hydrogen-bond donors (Lipinski definition) is 2. The van der Waals surface area contributed by atoms with Crippen LogP contribution in [0, 0.1) is 5.92 Å². The second-order valence-electron chi connectivity index (χ2n) is 5.64. The zero-order valence-corrected chi connectivity index (χ0v) is 12.4. The molecule has 1 unspecified atom stereocenters. The van der Waals surface area contributed by atoms with E-state index in [1.165, 1.54) is 7.11 Å². The maximum absolute atomic E-state index is 12.4. The molecule has 0 bridgehead atoms. The first-order valence-corrected chi connectivity index (χ1v) is 7.09. The summed E-state index contributed by atoms with van der Waals surface area (Å²) in [4.78, 5) is 24.2. The summed E-state index contributed by atoms with van der Waals surface area (Å²) in [6.07, 6.45) is 3.14. The first kappa shape index (κ1) is 16.0. The first-order chi connectivity index (χ1) is 8.95. The summed E-state index contributed by atoms with van der Waals surface area (Å²) >= 11 is 0. The number of carbonyl (C=O) groups is 2. The molecule has 0 aliphatic carbocycles. The Kier molecular flexibility index (Phi) is 5.79. The number of hydrogen-bond acceptors (Lipinski definition) is 4. The Labute approximate surface area is 115 Å². The zero-order chi connectivity index (χ0) is 14.5. The van der Waals surface area contributed by atoms with Gasteiger partial charge in [-0.2, -0.15) is 0 Å². The normalized spacial score (nSPS) is 24.3. The van der Waals surface area contributed by atoms with Crippen molar-refractivity contribution >= 4 is 11.9 Å². The number of methoxy groups -OCH3 is 1. The fraction of sp³-hybridized carbons (Fsp3) is 0.857. The molecule has 1 rings (SSSR count). The van der Waals surface area contributed by atoms with E-state index in [4.69, 9.17) is 4.74 Å². The van der Waals surface area contributed by atoms with Crippen LogP contribution in [0.5, 0.6) is 0 Å². The van der Waals surface area contributed by atoms with Crippen molar-refractivity contribution in [1.82, 2.24) is 10.6 Å². The van der Waals surface area contributed by atoms with Gasteiger partial charge in [-0.25, -0.2) is 4.79 Å². The van der Waals surface area contributed by atoms with E-state index >= 15 is 0 Å². The van der Waals surface area contributed by atoms with Gasteiger partial charge in [0.25, 0.3) is 0 Å². The highest BCUT2D eigenvalue weighted by molar-refractivity contribution is 5.90. The maximum atomic E-state index is 12.4. The first-order valence-electron chi connectivity index (χ1n) is 7.09. The van der Waals surface area contributed by atoms with Crippen molar-refractivity contribution in [2.45, 2.75) is 58.0 Å².